The molecule has 7 nitrogen and oxygen atoms in total. The van der Waals surface area contributed by atoms with E-state index in [1.54, 1.807) is 16.8 Å². The van der Waals surface area contributed by atoms with E-state index in [2.05, 4.69) is 22.2 Å². The topological polar surface area (TPSA) is 81.3 Å². The first-order valence-corrected chi connectivity index (χ1v) is 9.24. The number of benzene rings is 1. The highest BCUT2D eigenvalue weighted by Crippen LogP contribution is 2.17. The number of piperazine rings is 1. The highest BCUT2D eigenvalue weighted by Gasteiger charge is 2.35. The predicted octanol–water partition coefficient (Wildman–Crippen LogP) is 2.41. The third kappa shape index (κ3) is 3.81. The molecule has 0 aliphatic carbocycles. The maximum atomic E-state index is 12.7. The van der Waals surface area contributed by atoms with E-state index in [-0.39, 0.29) is 18.0 Å². The van der Waals surface area contributed by atoms with Crippen LogP contribution in [0.15, 0.2) is 18.2 Å². The summed E-state index contributed by atoms with van der Waals surface area (Å²) in [4.78, 5) is 36.2. The molecule has 1 fully saturated rings. The van der Waals surface area contributed by atoms with Gasteiger partial charge in [-0.3, -0.25) is 4.79 Å². The number of carbonyl (C=O) groups excluding carboxylic acids is 2. The Morgan fingerprint density at radius 2 is 2.19 bits per heavy atom. The third-order valence-corrected chi connectivity index (χ3v) is 4.90. The fraction of sp³-hybridized carbons (Fsp3) is 0.526. The summed E-state index contributed by atoms with van der Waals surface area (Å²) >= 11 is 0. The van der Waals surface area contributed by atoms with Crippen molar-refractivity contribution in [3.63, 3.8) is 0 Å². The molecule has 2 heterocycles. The lowest BCUT2D eigenvalue weighted by Crippen LogP contribution is -2.59. The van der Waals surface area contributed by atoms with Gasteiger partial charge in [0.05, 0.1) is 17.6 Å². The van der Waals surface area contributed by atoms with Crippen molar-refractivity contribution in [2.24, 2.45) is 0 Å². The van der Waals surface area contributed by atoms with Gasteiger partial charge in [0.15, 0.2) is 0 Å². The molecule has 1 aliphatic rings. The number of hydrogen-bond donors (Lipinski definition) is 2. The fourth-order valence-corrected chi connectivity index (χ4v) is 3.35. The summed E-state index contributed by atoms with van der Waals surface area (Å²) in [7, 11) is 1.80. The SMILES string of the molecule is CCCC[C@H]1C(=O)N(C)CCN1C(=O)NCc1nc2ccc(C)cc2[nH]1. The lowest BCUT2D eigenvalue weighted by atomic mass is 10.0. The summed E-state index contributed by atoms with van der Waals surface area (Å²) in [6, 6.07) is 5.44. The number of rotatable bonds is 5. The van der Waals surface area contributed by atoms with Crippen molar-refractivity contribution in [1.29, 1.82) is 0 Å². The Kier molecular flexibility index (Phi) is 5.44. The molecule has 0 spiro atoms. The summed E-state index contributed by atoms with van der Waals surface area (Å²) in [5, 5.41) is 2.91. The first-order valence-electron chi connectivity index (χ1n) is 9.24. The molecule has 1 aromatic heterocycles. The van der Waals surface area contributed by atoms with E-state index in [9.17, 15) is 9.59 Å². The number of amides is 3. The van der Waals surface area contributed by atoms with Crippen LogP contribution in [0.3, 0.4) is 0 Å². The van der Waals surface area contributed by atoms with Crippen LogP contribution >= 0.6 is 0 Å². The van der Waals surface area contributed by atoms with Crippen LogP contribution < -0.4 is 5.32 Å². The van der Waals surface area contributed by atoms with Crippen molar-refractivity contribution >= 4 is 23.0 Å². The minimum absolute atomic E-state index is 0.0269. The average Bonchev–Trinajstić information content (AvgIpc) is 3.02. The normalized spacial score (nSPS) is 17.8. The molecule has 1 aliphatic heterocycles. The van der Waals surface area contributed by atoms with Crippen molar-refractivity contribution in [1.82, 2.24) is 25.1 Å². The zero-order valence-corrected chi connectivity index (χ0v) is 15.7. The van der Waals surface area contributed by atoms with Gasteiger partial charge < -0.3 is 20.1 Å². The number of urea groups is 1. The molecule has 2 aromatic rings. The summed E-state index contributed by atoms with van der Waals surface area (Å²) in [6.07, 6.45) is 2.63. The van der Waals surface area contributed by atoms with Crippen LogP contribution in [0.4, 0.5) is 4.79 Å². The van der Waals surface area contributed by atoms with Gasteiger partial charge in [-0.1, -0.05) is 25.8 Å². The molecule has 3 rings (SSSR count). The number of hydrogen-bond acceptors (Lipinski definition) is 3. The van der Waals surface area contributed by atoms with Crippen molar-refractivity contribution < 1.29 is 9.59 Å². The third-order valence-electron chi connectivity index (χ3n) is 4.90. The Labute approximate surface area is 153 Å². The molecule has 1 saturated heterocycles. The first-order chi connectivity index (χ1) is 12.5. The zero-order chi connectivity index (χ0) is 18.7. The predicted molar refractivity (Wildman–Crippen MR) is 101 cm³/mol. The molecular formula is C19H27N5O2. The van der Waals surface area contributed by atoms with Gasteiger partial charge in [-0.15, -0.1) is 0 Å². The summed E-state index contributed by atoms with van der Waals surface area (Å²) in [5.74, 6) is 0.739. The van der Waals surface area contributed by atoms with E-state index in [0.29, 0.717) is 31.9 Å². The van der Waals surface area contributed by atoms with Crippen LogP contribution in [0, 0.1) is 6.92 Å². The second kappa shape index (κ2) is 7.76. The number of H-pyrrole nitrogens is 1. The molecular weight excluding hydrogens is 330 g/mol. The van der Waals surface area contributed by atoms with Crippen molar-refractivity contribution in [3.05, 3.63) is 29.6 Å². The average molecular weight is 357 g/mol. The monoisotopic (exact) mass is 357 g/mol. The van der Waals surface area contributed by atoms with Crippen molar-refractivity contribution in [2.75, 3.05) is 20.1 Å². The van der Waals surface area contributed by atoms with Gasteiger partial charge in [0.2, 0.25) is 5.91 Å². The largest absolute Gasteiger partial charge is 0.342 e. The molecule has 7 heteroatoms. The molecule has 0 saturated carbocycles. The number of nitrogens with zero attached hydrogens (tertiary/aromatic N) is 3. The Morgan fingerprint density at radius 3 is 2.96 bits per heavy atom. The molecule has 1 aromatic carbocycles. The molecule has 2 N–H and O–H groups in total. The van der Waals surface area contributed by atoms with Crippen LogP contribution in [0.2, 0.25) is 0 Å². The maximum absolute atomic E-state index is 12.7. The second-order valence-electron chi connectivity index (χ2n) is 6.97. The van der Waals surface area contributed by atoms with Gasteiger partial charge in [-0.25, -0.2) is 9.78 Å². The van der Waals surface area contributed by atoms with Crippen molar-refractivity contribution in [2.45, 2.75) is 45.7 Å². The van der Waals surface area contributed by atoms with Gasteiger partial charge in [-0.05, 0) is 31.0 Å². The Hall–Kier alpha value is -2.57. The number of carbonyl (C=O) groups is 2. The highest BCUT2D eigenvalue weighted by molar-refractivity contribution is 5.88. The fourth-order valence-electron chi connectivity index (χ4n) is 3.35. The minimum Gasteiger partial charge on any atom is -0.342 e. The minimum atomic E-state index is -0.368. The summed E-state index contributed by atoms with van der Waals surface area (Å²) < 4.78 is 0. The number of aromatic amines is 1. The number of aromatic nitrogens is 2. The maximum Gasteiger partial charge on any atom is 0.318 e. The van der Waals surface area contributed by atoms with Gasteiger partial charge in [0.1, 0.15) is 11.9 Å². The Bertz CT molecular complexity index is 800. The van der Waals surface area contributed by atoms with E-state index in [4.69, 9.17) is 0 Å². The van der Waals surface area contributed by atoms with E-state index in [0.717, 1.165) is 29.4 Å². The van der Waals surface area contributed by atoms with Gasteiger partial charge in [0, 0.05) is 20.1 Å². The number of nitrogens with one attached hydrogen (secondary N) is 2. The van der Waals surface area contributed by atoms with E-state index in [1.807, 2.05) is 25.1 Å². The van der Waals surface area contributed by atoms with E-state index >= 15 is 0 Å². The Morgan fingerprint density at radius 1 is 1.38 bits per heavy atom. The standard InChI is InChI=1S/C19H27N5O2/c1-4-5-6-16-18(25)23(3)9-10-24(16)19(26)20-12-17-21-14-8-7-13(2)11-15(14)22-17/h7-8,11,16H,4-6,9-10,12H2,1-3H3,(H,20,26)(H,21,22)/t16-/m0/s1. The smallest absolute Gasteiger partial charge is 0.318 e. The molecule has 0 bridgehead atoms. The number of likely N-dealkylation sites (N-methyl/N-ethyl adjacent to an activating group) is 1. The molecule has 3 amide bonds. The molecule has 0 radical (unpaired) electrons. The van der Waals surface area contributed by atoms with Crippen molar-refractivity contribution in [3.8, 4) is 0 Å². The number of fused-ring (bicyclic) bond motifs is 1. The zero-order valence-electron chi connectivity index (χ0n) is 15.7. The lowest BCUT2D eigenvalue weighted by Gasteiger charge is -2.39. The molecule has 26 heavy (non-hydrogen) atoms. The number of unbranched alkanes of at least 4 members (excludes halogenated alkanes) is 1. The van der Waals surface area contributed by atoms with Crippen LogP contribution in [0.5, 0.6) is 0 Å². The molecule has 0 unspecified atom stereocenters. The highest BCUT2D eigenvalue weighted by atomic mass is 16.2. The van der Waals surface area contributed by atoms with Crippen LogP contribution in [-0.4, -0.2) is 57.9 Å². The Balaban J connectivity index is 1.66. The van der Waals surface area contributed by atoms with Gasteiger partial charge in [0.25, 0.3) is 0 Å². The second-order valence-corrected chi connectivity index (χ2v) is 6.97. The van der Waals surface area contributed by atoms with Crippen LogP contribution in [0.25, 0.3) is 11.0 Å². The first kappa shape index (κ1) is 18.2. The number of aryl methyl sites for hydroxylation is 1. The van der Waals surface area contributed by atoms with E-state index < -0.39 is 0 Å². The number of imidazole rings is 1. The van der Waals surface area contributed by atoms with E-state index in [1.165, 1.54) is 0 Å². The lowest BCUT2D eigenvalue weighted by molar-refractivity contribution is -0.138. The molecule has 140 valence electrons. The molecule has 1 atom stereocenters. The van der Waals surface area contributed by atoms with Crippen LogP contribution in [0.1, 0.15) is 37.6 Å². The van der Waals surface area contributed by atoms with Gasteiger partial charge in [-0.2, -0.15) is 0 Å². The summed E-state index contributed by atoms with van der Waals surface area (Å²) in [5.41, 5.74) is 3.01. The quantitative estimate of drug-likeness (QED) is 0.862. The van der Waals surface area contributed by atoms with Crippen LogP contribution in [-0.2, 0) is 11.3 Å². The van der Waals surface area contributed by atoms with Gasteiger partial charge >= 0.3 is 6.03 Å². The summed E-state index contributed by atoms with van der Waals surface area (Å²) in [6.45, 7) is 5.56.